The zero-order chi connectivity index (χ0) is 13.9. The number of ether oxygens (including phenoxy) is 2. The average Bonchev–Trinajstić information content (AvgIpc) is 2.32. The maximum atomic E-state index is 12.0. The van der Waals surface area contributed by atoms with E-state index >= 15 is 0 Å². The van der Waals surface area contributed by atoms with E-state index in [0.29, 0.717) is 21.9 Å². The SMILES string of the molecule is CCOC(=O)C(=O)c1c(C)c(Cl)cc(C)c1OC. The number of carbonyl (C=O) groups is 2. The van der Waals surface area contributed by atoms with Crippen molar-refractivity contribution in [2.75, 3.05) is 13.7 Å². The van der Waals surface area contributed by atoms with E-state index in [-0.39, 0.29) is 12.2 Å². The van der Waals surface area contributed by atoms with Crippen LogP contribution in [0.5, 0.6) is 5.75 Å². The highest BCUT2D eigenvalue weighted by atomic mass is 35.5. The molecular weight excluding hydrogens is 256 g/mol. The maximum absolute atomic E-state index is 12.0. The maximum Gasteiger partial charge on any atom is 0.379 e. The highest BCUT2D eigenvalue weighted by molar-refractivity contribution is 6.42. The molecular formula is C13H15ClO4. The highest BCUT2D eigenvalue weighted by Crippen LogP contribution is 2.32. The lowest BCUT2D eigenvalue weighted by Crippen LogP contribution is -2.20. The summed E-state index contributed by atoms with van der Waals surface area (Å²) in [5, 5.41) is 0.418. The number of ketones is 1. The fourth-order valence-electron chi connectivity index (χ4n) is 1.69. The molecule has 1 rings (SSSR count). The number of carbonyl (C=O) groups excluding carboxylic acids is 2. The van der Waals surface area contributed by atoms with Crippen LogP contribution < -0.4 is 4.74 Å². The lowest BCUT2D eigenvalue weighted by Gasteiger charge is -2.14. The van der Waals surface area contributed by atoms with Gasteiger partial charge in [0.15, 0.2) is 0 Å². The van der Waals surface area contributed by atoms with Crippen LogP contribution in [0.4, 0.5) is 0 Å². The molecule has 1 aromatic carbocycles. The molecule has 0 radical (unpaired) electrons. The summed E-state index contributed by atoms with van der Waals surface area (Å²) in [4.78, 5) is 23.5. The first kappa shape index (κ1) is 14.5. The van der Waals surface area contributed by atoms with Gasteiger partial charge < -0.3 is 9.47 Å². The van der Waals surface area contributed by atoms with Crippen molar-refractivity contribution in [1.29, 1.82) is 0 Å². The van der Waals surface area contributed by atoms with Crippen molar-refractivity contribution in [3.8, 4) is 5.75 Å². The minimum atomic E-state index is -0.902. The van der Waals surface area contributed by atoms with Crippen LogP contribution in [-0.4, -0.2) is 25.5 Å². The zero-order valence-electron chi connectivity index (χ0n) is 10.8. The van der Waals surface area contributed by atoms with Gasteiger partial charge in [0.2, 0.25) is 0 Å². The van der Waals surface area contributed by atoms with Crippen molar-refractivity contribution < 1.29 is 19.1 Å². The van der Waals surface area contributed by atoms with Crippen molar-refractivity contribution in [3.63, 3.8) is 0 Å². The molecule has 18 heavy (non-hydrogen) atoms. The number of methoxy groups -OCH3 is 1. The zero-order valence-corrected chi connectivity index (χ0v) is 11.6. The molecule has 5 heteroatoms. The highest BCUT2D eigenvalue weighted by Gasteiger charge is 2.26. The third-order valence-electron chi connectivity index (χ3n) is 2.55. The van der Waals surface area contributed by atoms with E-state index in [2.05, 4.69) is 0 Å². The summed E-state index contributed by atoms with van der Waals surface area (Å²) >= 11 is 6.01. The van der Waals surface area contributed by atoms with Crippen molar-refractivity contribution in [3.05, 3.63) is 27.8 Å². The largest absolute Gasteiger partial charge is 0.496 e. The fourth-order valence-corrected chi connectivity index (χ4v) is 1.94. The molecule has 0 spiro atoms. The van der Waals surface area contributed by atoms with Crippen molar-refractivity contribution in [2.24, 2.45) is 0 Å². The second-order valence-corrected chi connectivity index (χ2v) is 4.17. The van der Waals surface area contributed by atoms with E-state index in [0.717, 1.165) is 0 Å². The molecule has 0 bridgehead atoms. The summed E-state index contributed by atoms with van der Waals surface area (Å²) in [5.41, 5.74) is 1.37. The molecule has 0 aromatic heterocycles. The number of benzene rings is 1. The molecule has 0 aliphatic carbocycles. The Morgan fingerprint density at radius 3 is 2.44 bits per heavy atom. The lowest BCUT2D eigenvalue weighted by molar-refractivity contribution is -0.137. The van der Waals surface area contributed by atoms with Crippen LogP contribution in [0.3, 0.4) is 0 Å². The minimum absolute atomic E-state index is 0.144. The average molecular weight is 271 g/mol. The Morgan fingerprint density at radius 1 is 1.33 bits per heavy atom. The van der Waals surface area contributed by atoms with Gasteiger partial charge in [-0.05, 0) is 38.0 Å². The molecule has 0 aliphatic rings. The smallest absolute Gasteiger partial charge is 0.379 e. The van der Waals surface area contributed by atoms with Gasteiger partial charge in [-0.1, -0.05) is 11.6 Å². The third-order valence-corrected chi connectivity index (χ3v) is 2.95. The molecule has 0 unspecified atom stereocenters. The molecule has 0 amide bonds. The Balaban J connectivity index is 3.38. The van der Waals surface area contributed by atoms with Crippen molar-refractivity contribution in [2.45, 2.75) is 20.8 Å². The minimum Gasteiger partial charge on any atom is -0.496 e. The van der Waals surface area contributed by atoms with Gasteiger partial charge in [0, 0.05) is 5.02 Å². The third kappa shape index (κ3) is 2.64. The molecule has 98 valence electrons. The van der Waals surface area contributed by atoms with Crippen LogP contribution >= 0.6 is 11.6 Å². The number of hydrogen-bond acceptors (Lipinski definition) is 4. The summed E-state index contributed by atoms with van der Waals surface area (Å²) in [6.07, 6.45) is 0. The Morgan fingerprint density at radius 2 is 1.94 bits per heavy atom. The monoisotopic (exact) mass is 270 g/mol. The number of aryl methyl sites for hydroxylation is 1. The Labute approximate surface area is 111 Å². The molecule has 4 nitrogen and oxygen atoms in total. The number of Topliss-reactive ketones (excluding diaryl/α,β-unsaturated/α-hetero) is 1. The van der Waals surface area contributed by atoms with E-state index in [1.54, 1.807) is 26.8 Å². The van der Waals surface area contributed by atoms with Crippen LogP contribution in [-0.2, 0) is 9.53 Å². The Bertz CT molecular complexity index is 494. The first-order valence-corrected chi connectivity index (χ1v) is 5.86. The quantitative estimate of drug-likeness (QED) is 0.480. The molecule has 0 saturated carbocycles. The van der Waals surface area contributed by atoms with Crippen LogP contribution in [0, 0.1) is 13.8 Å². The predicted octanol–water partition coefficient (Wildman–Crippen LogP) is 2.71. The number of esters is 1. The van der Waals surface area contributed by atoms with Gasteiger partial charge in [-0.3, -0.25) is 4.79 Å². The molecule has 0 atom stereocenters. The van der Waals surface area contributed by atoms with Gasteiger partial charge in [-0.25, -0.2) is 4.79 Å². The Kier molecular flexibility index (Phi) is 4.73. The summed E-state index contributed by atoms with van der Waals surface area (Å²) in [6.45, 7) is 5.20. The van der Waals surface area contributed by atoms with E-state index < -0.39 is 11.8 Å². The second kappa shape index (κ2) is 5.87. The number of rotatable bonds is 4. The standard InChI is InChI=1S/C13H15ClO4/c1-5-18-13(16)11(15)10-8(3)9(14)6-7(2)12(10)17-4/h6H,5H2,1-4H3. The van der Waals surface area contributed by atoms with Crippen LogP contribution in [0.15, 0.2) is 6.07 Å². The normalized spacial score (nSPS) is 10.1. The van der Waals surface area contributed by atoms with Gasteiger partial charge in [-0.2, -0.15) is 0 Å². The van der Waals surface area contributed by atoms with Gasteiger partial charge >= 0.3 is 5.97 Å². The van der Waals surface area contributed by atoms with Gasteiger partial charge in [0.05, 0.1) is 19.3 Å². The topological polar surface area (TPSA) is 52.6 Å². The van der Waals surface area contributed by atoms with Crippen LogP contribution in [0.25, 0.3) is 0 Å². The first-order chi connectivity index (χ1) is 8.43. The summed E-state index contributed by atoms with van der Waals surface area (Å²) in [5.74, 6) is -1.28. The van der Waals surface area contributed by atoms with E-state index in [9.17, 15) is 9.59 Å². The Hall–Kier alpha value is -1.55. The van der Waals surface area contributed by atoms with E-state index in [1.165, 1.54) is 7.11 Å². The molecule has 0 N–H and O–H groups in total. The van der Waals surface area contributed by atoms with Gasteiger partial charge in [0.1, 0.15) is 5.75 Å². The van der Waals surface area contributed by atoms with E-state index in [4.69, 9.17) is 21.1 Å². The summed E-state index contributed by atoms with van der Waals surface area (Å²) < 4.78 is 9.88. The fraction of sp³-hybridized carbons (Fsp3) is 0.385. The number of hydrogen-bond donors (Lipinski definition) is 0. The van der Waals surface area contributed by atoms with Crippen LogP contribution in [0.1, 0.15) is 28.4 Å². The lowest BCUT2D eigenvalue weighted by atomic mass is 10.00. The number of halogens is 1. The molecule has 0 aliphatic heterocycles. The molecule has 0 saturated heterocycles. The summed E-state index contributed by atoms with van der Waals surface area (Å²) in [6, 6.07) is 1.69. The van der Waals surface area contributed by atoms with Crippen molar-refractivity contribution in [1.82, 2.24) is 0 Å². The second-order valence-electron chi connectivity index (χ2n) is 3.76. The van der Waals surface area contributed by atoms with Crippen LogP contribution in [0.2, 0.25) is 5.02 Å². The predicted molar refractivity (Wildman–Crippen MR) is 68.4 cm³/mol. The molecule has 0 heterocycles. The summed E-state index contributed by atoms with van der Waals surface area (Å²) in [7, 11) is 1.44. The molecule has 1 aromatic rings. The van der Waals surface area contributed by atoms with Gasteiger partial charge in [-0.15, -0.1) is 0 Å². The molecule has 0 fully saturated rings. The van der Waals surface area contributed by atoms with Gasteiger partial charge in [0.25, 0.3) is 5.78 Å². The van der Waals surface area contributed by atoms with Crippen molar-refractivity contribution >= 4 is 23.4 Å². The first-order valence-electron chi connectivity index (χ1n) is 5.49. The van der Waals surface area contributed by atoms with E-state index in [1.807, 2.05) is 0 Å².